The van der Waals surface area contributed by atoms with Crippen LogP contribution in [0.3, 0.4) is 0 Å². The van der Waals surface area contributed by atoms with E-state index in [0.717, 1.165) is 33.3 Å². The van der Waals surface area contributed by atoms with Crippen LogP contribution in [0, 0.1) is 6.92 Å². The summed E-state index contributed by atoms with van der Waals surface area (Å²) < 4.78 is 11.0. The fourth-order valence-corrected chi connectivity index (χ4v) is 3.57. The van der Waals surface area contributed by atoms with E-state index in [1.807, 2.05) is 67.6 Å². The number of carbonyl (C=O) groups is 1. The van der Waals surface area contributed by atoms with Crippen molar-refractivity contribution in [3.8, 4) is 17.2 Å². The third kappa shape index (κ3) is 4.25. The van der Waals surface area contributed by atoms with E-state index in [0.29, 0.717) is 11.1 Å². The normalized spacial score (nSPS) is 10.8. The van der Waals surface area contributed by atoms with Gasteiger partial charge >= 0.3 is 0 Å². The number of benzene rings is 3. The van der Waals surface area contributed by atoms with Crippen LogP contribution in [0.25, 0.3) is 22.2 Å². The number of aromatic nitrogens is 2. The van der Waals surface area contributed by atoms with Gasteiger partial charge in [0.2, 0.25) is 11.8 Å². The fraction of sp³-hybridized carbons (Fsp3) is 0.136. The molecule has 0 aliphatic heterocycles. The van der Waals surface area contributed by atoms with Crippen molar-refractivity contribution in [2.75, 3.05) is 18.2 Å². The van der Waals surface area contributed by atoms with Gasteiger partial charge in [-0.15, -0.1) is 10.2 Å². The minimum Gasteiger partial charge on any atom is -0.497 e. The van der Waals surface area contributed by atoms with Gasteiger partial charge in [-0.25, -0.2) is 0 Å². The van der Waals surface area contributed by atoms with Crippen LogP contribution in [-0.4, -0.2) is 29.0 Å². The quantitative estimate of drug-likeness (QED) is 0.458. The summed E-state index contributed by atoms with van der Waals surface area (Å²) in [5, 5.41) is 13.6. The first-order chi connectivity index (χ1) is 14.1. The third-order valence-corrected chi connectivity index (χ3v) is 5.28. The molecule has 3 aromatic carbocycles. The molecule has 0 atom stereocenters. The van der Waals surface area contributed by atoms with Crippen molar-refractivity contribution < 1.29 is 13.9 Å². The number of aryl methyl sites for hydroxylation is 1. The highest BCUT2D eigenvalue weighted by atomic mass is 32.2. The zero-order chi connectivity index (χ0) is 20.2. The summed E-state index contributed by atoms with van der Waals surface area (Å²) in [5.41, 5.74) is 2.55. The molecule has 0 fully saturated rings. The highest BCUT2D eigenvalue weighted by Gasteiger charge is 2.14. The molecule has 0 unspecified atom stereocenters. The molecule has 1 N–H and O–H groups in total. The molecule has 0 saturated heterocycles. The number of methoxy groups -OCH3 is 1. The Morgan fingerprint density at radius 2 is 1.93 bits per heavy atom. The van der Waals surface area contributed by atoms with Gasteiger partial charge < -0.3 is 14.5 Å². The second-order valence-electron chi connectivity index (χ2n) is 6.42. The van der Waals surface area contributed by atoms with Crippen molar-refractivity contribution in [1.82, 2.24) is 10.2 Å². The molecule has 29 heavy (non-hydrogen) atoms. The Morgan fingerprint density at radius 3 is 2.76 bits per heavy atom. The molecule has 4 rings (SSSR count). The van der Waals surface area contributed by atoms with Crippen molar-refractivity contribution in [3.05, 3.63) is 66.2 Å². The monoisotopic (exact) mass is 405 g/mol. The maximum Gasteiger partial charge on any atom is 0.277 e. The number of nitrogens with one attached hydrogen (secondary N) is 1. The van der Waals surface area contributed by atoms with Gasteiger partial charge in [0.15, 0.2) is 0 Å². The summed E-state index contributed by atoms with van der Waals surface area (Å²) in [6.45, 7) is 1.92. The maximum absolute atomic E-state index is 12.3. The number of thioether (sulfide) groups is 1. The van der Waals surface area contributed by atoms with E-state index in [2.05, 4.69) is 15.5 Å². The van der Waals surface area contributed by atoms with Gasteiger partial charge in [0, 0.05) is 11.3 Å². The topological polar surface area (TPSA) is 77.2 Å². The molecule has 0 saturated carbocycles. The van der Waals surface area contributed by atoms with E-state index in [1.54, 1.807) is 7.11 Å². The molecule has 6 nitrogen and oxygen atoms in total. The van der Waals surface area contributed by atoms with Gasteiger partial charge in [-0.05, 0) is 47.5 Å². The average molecular weight is 405 g/mol. The lowest BCUT2D eigenvalue weighted by Gasteiger charge is -2.09. The molecule has 0 spiro atoms. The number of anilines is 1. The number of hydrogen-bond acceptors (Lipinski definition) is 6. The molecule has 1 amide bonds. The number of hydrogen-bond donors (Lipinski definition) is 1. The molecule has 1 heterocycles. The molecule has 4 aromatic rings. The van der Waals surface area contributed by atoms with Gasteiger partial charge in [-0.3, -0.25) is 4.79 Å². The van der Waals surface area contributed by atoms with Crippen LogP contribution in [0.4, 0.5) is 5.69 Å². The first-order valence-electron chi connectivity index (χ1n) is 9.03. The van der Waals surface area contributed by atoms with Crippen molar-refractivity contribution in [2.45, 2.75) is 12.1 Å². The number of ether oxygens (including phenoxy) is 1. The molecule has 1 aromatic heterocycles. The zero-order valence-corrected chi connectivity index (χ0v) is 16.8. The number of amides is 1. The summed E-state index contributed by atoms with van der Waals surface area (Å²) >= 11 is 1.21. The second-order valence-corrected chi connectivity index (χ2v) is 7.34. The summed E-state index contributed by atoms with van der Waals surface area (Å²) in [7, 11) is 1.61. The zero-order valence-electron chi connectivity index (χ0n) is 16.0. The van der Waals surface area contributed by atoms with Crippen LogP contribution < -0.4 is 10.1 Å². The van der Waals surface area contributed by atoms with Crippen LogP contribution in [0.1, 0.15) is 5.56 Å². The Bertz CT molecular complexity index is 1170. The maximum atomic E-state index is 12.3. The van der Waals surface area contributed by atoms with E-state index in [1.165, 1.54) is 11.8 Å². The number of rotatable bonds is 6. The van der Waals surface area contributed by atoms with Crippen LogP contribution in [0.5, 0.6) is 5.75 Å². The SMILES string of the molecule is COc1ccc(NC(=O)CSc2nnc(-c3cccc4ccccc34)o2)c(C)c1. The highest BCUT2D eigenvalue weighted by molar-refractivity contribution is 7.99. The lowest BCUT2D eigenvalue weighted by molar-refractivity contribution is -0.113. The summed E-state index contributed by atoms with van der Waals surface area (Å²) in [6, 6.07) is 19.5. The summed E-state index contributed by atoms with van der Waals surface area (Å²) in [5.74, 6) is 1.22. The number of nitrogens with zero attached hydrogens (tertiary/aromatic N) is 2. The third-order valence-electron chi connectivity index (χ3n) is 4.46. The molecule has 0 bridgehead atoms. The van der Waals surface area contributed by atoms with Gasteiger partial charge in [-0.2, -0.15) is 0 Å². The molecule has 0 aliphatic rings. The Labute approximate surface area is 172 Å². The summed E-state index contributed by atoms with van der Waals surface area (Å²) in [6.07, 6.45) is 0. The Balaban J connectivity index is 1.42. The molecule has 146 valence electrons. The van der Waals surface area contributed by atoms with Crippen molar-refractivity contribution >= 4 is 34.1 Å². The van der Waals surface area contributed by atoms with Gasteiger partial charge in [0.25, 0.3) is 5.22 Å². The van der Waals surface area contributed by atoms with Crippen LogP contribution in [-0.2, 0) is 4.79 Å². The first kappa shape index (κ1) is 19.0. The van der Waals surface area contributed by atoms with Gasteiger partial charge in [0.1, 0.15) is 5.75 Å². The van der Waals surface area contributed by atoms with Crippen LogP contribution in [0.2, 0.25) is 0 Å². The van der Waals surface area contributed by atoms with Crippen LogP contribution in [0.15, 0.2) is 70.3 Å². The summed E-state index contributed by atoms with van der Waals surface area (Å²) in [4.78, 5) is 12.3. The van der Waals surface area contributed by atoms with E-state index in [-0.39, 0.29) is 11.7 Å². The predicted octanol–water partition coefficient (Wildman–Crippen LogP) is 4.94. The predicted molar refractivity (Wildman–Crippen MR) is 114 cm³/mol. The van der Waals surface area contributed by atoms with E-state index >= 15 is 0 Å². The van der Waals surface area contributed by atoms with Crippen LogP contribution >= 0.6 is 11.8 Å². The lowest BCUT2D eigenvalue weighted by Crippen LogP contribution is -2.14. The molecular formula is C22H19N3O3S. The van der Waals surface area contributed by atoms with E-state index < -0.39 is 0 Å². The van der Waals surface area contributed by atoms with E-state index in [9.17, 15) is 4.79 Å². The Kier molecular flexibility index (Phi) is 5.48. The van der Waals surface area contributed by atoms with E-state index in [4.69, 9.17) is 9.15 Å². The van der Waals surface area contributed by atoms with Crippen molar-refractivity contribution in [1.29, 1.82) is 0 Å². The molecular weight excluding hydrogens is 386 g/mol. The standard InChI is InChI=1S/C22H19N3O3S/c1-14-12-16(27-2)10-11-19(14)23-20(26)13-29-22-25-24-21(28-22)18-9-5-7-15-6-3-4-8-17(15)18/h3-12H,13H2,1-2H3,(H,23,26). The largest absolute Gasteiger partial charge is 0.497 e. The highest BCUT2D eigenvalue weighted by Crippen LogP contribution is 2.29. The van der Waals surface area contributed by atoms with Gasteiger partial charge in [0.05, 0.1) is 12.9 Å². The second kappa shape index (κ2) is 8.36. The minimum atomic E-state index is -0.145. The number of carbonyl (C=O) groups excluding carboxylic acids is 1. The number of fused-ring (bicyclic) bond motifs is 1. The molecule has 0 radical (unpaired) electrons. The minimum absolute atomic E-state index is 0.145. The van der Waals surface area contributed by atoms with Crippen molar-refractivity contribution in [2.24, 2.45) is 0 Å². The Hall–Kier alpha value is -3.32. The average Bonchev–Trinajstić information content (AvgIpc) is 3.22. The first-order valence-corrected chi connectivity index (χ1v) is 10.0. The van der Waals surface area contributed by atoms with Gasteiger partial charge in [-0.1, -0.05) is 48.2 Å². The smallest absolute Gasteiger partial charge is 0.277 e. The van der Waals surface area contributed by atoms with Crippen molar-refractivity contribution in [3.63, 3.8) is 0 Å². The fourth-order valence-electron chi connectivity index (χ4n) is 3.01. The molecule has 0 aliphatic carbocycles. The Morgan fingerprint density at radius 1 is 1.10 bits per heavy atom. The lowest BCUT2D eigenvalue weighted by atomic mass is 10.0. The molecule has 7 heteroatoms.